The normalized spacial score (nSPS) is 10.4. The maximum absolute atomic E-state index is 9.95. The summed E-state index contributed by atoms with van der Waals surface area (Å²) in [6.45, 7) is 0. The topological polar surface area (TPSA) is 144 Å². The zero-order chi connectivity index (χ0) is 9.99. The van der Waals surface area contributed by atoms with Crippen molar-refractivity contribution >= 4 is 125 Å². The molecule has 0 heterocycles. The van der Waals surface area contributed by atoms with Crippen molar-refractivity contribution in [1.82, 2.24) is 0 Å². The molecule has 0 rings (SSSR count). The van der Waals surface area contributed by atoms with Gasteiger partial charge in [-0.25, -0.2) is 4.79 Å². The first-order chi connectivity index (χ1) is 5.10. The van der Waals surface area contributed by atoms with Crippen LogP contribution in [-0.2, 0) is 29.2 Å². The summed E-state index contributed by atoms with van der Waals surface area (Å²) in [5.41, 5.74) is 0. The number of hydrogen-bond donors (Lipinski definition) is 2. The molecule has 0 unspecified atom stereocenters. The zero-order valence-corrected chi connectivity index (χ0v) is 6.70. The third kappa shape index (κ3) is 16.7. The summed E-state index contributed by atoms with van der Waals surface area (Å²) < 4.78 is 60.1. The quantitative estimate of drug-likeness (QED) is 0.298. The third-order valence-corrected chi connectivity index (χ3v) is 1.04. The predicted molar refractivity (Wildman–Crippen MR) is 47.8 cm³/mol. The fourth-order valence-corrected chi connectivity index (χ4v) is 0.641. The number of rotatable bonds is 2. The van der Waals surface area contributed by atoms with Crippen LogP contribution in [0.3, 0.4) is 0 Å². The summed E-state index contributed by atoms with van der Waals surface area (Å²) >= 11 is 0. The Kier molecular flexibility index (Phi) is 12.8. The van der Waals surface area contributed by atoms with Gasteiger partial charge >= 0.3 is 125 Å². The van der Waals surface area contributed by atoms with E-state index in [0.717, 1.165) is 0 Å². The predicted octanol–water partition coefficient (Wildman–Crippen LogP) is -3.09. The fraction of sp³-hybridized carbons (Fsp3) is 0. The molecule has 0 aliphatic carbocycles. The molecule has 0 aromatic rings. The molecule has 0 amide bonds. The molecular formula is CH6Ba2O9S2. The SMILES string of the molecule is O=C(OS(=O)(=O)O)OS(=O)(=O)O.[BaH2].[BaH2]. The Morgan fingerprint density at radius 1 is 0.857 bits per heavy atom. The third-order valence-electron chi connectivity index (χ3n) is 0.347. The summed E-state index contributed by atoms with van der Waals surface area (Å²) in [4.78, 5) is 9.95. The summed E-state index contributed by atoms with van der Waals surface area (Å²) in [5.74, 6) is 0. The molecule has 0 bridgehead atoms. The Morgan fingerprint density at radius 3 is 1.21 bits per heavy atom. The molecule has 9 nitrogen and oxygen atoms in total. The fourth-order valence-electron chi connectivity index (χ4n) is 0.186. The summed E-state index contributed by atoms with van der Waals surface area (Å²) in [7, 11) is -10.3. The summed E-state index contributed by atoms with van der Waals surface area (Å²) in [6, 6.07) is 0. The van der Waals surface area contributed by atoms with E-state index in [0.29, 0.717) is 0 Å². The molecule has 0 saturated heterocycles. The van der Waals surface area contributed by atoms with Crippen molar-refractivity contribution in [2.45, 2.75) is 0 Å². The van der Waals surface area contributed by atoms with Gasteiger partial charge in [0.25, 0.3) is 0 Å². The molecule has 0 aliphatic heterocycles. The van der Waals surface area contributed by atoms with E-state index in [1.54, 1.807) is 0 Å². The van der Waals surface area contributed by atoms with Gasteiger partial charge in [-0.1, -0.05) is 0 Å². The molecule has 0 saturated carbocycles. The Balaban J connectivity index is -0.000000605. The van der Waals surface area contributed by atoms with Crippen LogP contribution in [0, 0.1) is 0 Å². The van der Waals surface area contributed by atoms with E-state index in [1.165, 1.54) is 0 Å². The van der Waals surface area contributed by atoms with Gasteiger partial charge < -0.3 is 0 Å². The van der Waals surface area contributed by atoms with Gasteiger partial charge in [0.1, 0.15) is 0 Å². The molecule has 0 atom stereocenters. The number of carbonyl (C=O) groups excluding carboxylic acids is 1. The van der Waals surface area contributed by atoms with Gasteiger partial charge in [0.05, 0.1) is 0 Å². The molecule has 80 valence electrons. The van der Waals surface area contributed by atoms with Crippen LogP contribution in [0.4, 0.5) is 4.79 Å². The van der Waals surface area contributed by atoms with Gasteiger partial charge in [0.2, 0.25) is 0 Å². The van der Waals surface area contributed by atoms with Crippen molar-refractivity contribution in [1.29, 1.82) is 0 Å². The number of hydrogen-bond acceptors (Lipinski definition) is 7. The Morgan fingerprint density at radius 2 is 1.07 bits per heavy atom. The molecule has 0 aromatic carbocycles. The van der Waals surface area contributed by atoms with Crippen LogP contribution in [0.1, 0.15) is 0 Å². The van der Waals surface area contributed by atoms with E-state index >= 15 is 0 Å². The minimum absolute atomic E-state index is 0. The Bertz CT molecular complexity index is 328. The Labute approximate surface area is 160 Å². The maximum atomic E-state index is 9.95. The molecule has 13 heteroatoms. The van der Waals surface area contributed by atoms with Crippen LogP contribution in [0.25, 0.3) is 0 Å². The van der Waals surface area contributed by atoms with Crippen LogP contribution in [-0.4, -0.2) is 130 Å². The van der Waals surface area contributed by atoms with Gasteiger partial charge in [-0.3, -0.25) is 17.5 Å². The average Bonchev–Trinajstić information content (AvgIpc) is 1.49. The van der Waals surface area contributed by atoms with Crippen LogP contribution in [0.15, 0.2) is 0 Å². The van der Waals surface area contributed by atoms with E-state index in [4.69, 9.17) is 9.11 Å². The van der Waals surface area contributed by atoms with Gasteiger partial charge in [0.15, 0.2) is 0 Å². The zero-order valence-electron chi connectivity index (χ0n) is 5.07. The van der Waals surface area contributed by atoms with Gasteiger partial charge in [-0.05, 0) is 0 Å². The first-order valence-corrected chi connectivity index (χ1v) is 4.71. The van der Waals surface area contributed by atoms with Crippen molar-refractivity contribution in [3.8, 4) is 0 Å². The second-order valence-electron chi connectivity index (χ2n) is 1.27. The molecule has 2 N–H and O–H groups in total. The second-order valence-corrected chi connectivity index (χ2v) is 3.32. The molecular weight excluding hydrogens is 495 g/mol. The van der Waals surface area contributed by atoms with Crippen molar-refractivity contribution < 1.29 is 39.1 Å². The van der Waals surface area contributed by atoms with Crippen molar-refractivity contribution in [3.63, 3.8) is 0 Å². The van der Waals surface area contributed by atoms with Crippen molar-refractivity contribution in [2.75, 3.05) is 0 Å². The number of carbonyl (C=O) groups is 1. The first kappa shape index (κ1) is 21.5. The minimum atomic E-state index is -5.15. The molecule has 14 heavy (non-hydrogen) atoms. The van der Waals surface area contributed by atoms with Crippen molar-refractivity contribution in [3.05, 3.63) is 0 Å². The van der Waals surface area contributed by atoms with E-state index in [2.05, 4.69) is 8.37 Å². The van der Waals surface area contributed by atoms with Crippen LogP contribution in [0.2, 0.25) is 0 Å². The van der Waals surface area contributed by atoms with E-state index in [9.17, 15) is 21.6 Å². The standard InChI is InChI=1S/CH2O9S2.2Ba.4H/c2-1(9-11(3,4)5)10-12(6,7)8;;;;;;/h(H,3,4,5)(H,6,7,8);;;;;;. The molecule has 0 aromatic heterocycles. The summed E-state index contributed by atoms with van der Waals surface area (Å²) in [6.07, 6.45) is -2.29. The first-order valence-electron chi connectivity index (χ1n) is 1.98. The molecule has 0 radical (unpaired) electrons. The summed E-state index contributed by atoms with van der Waals surface area (Å²) in [5, 5.41) is 0. The van der Waals surface area contributed by atoms with Gasteiger partial charge in [-0.2, -0.15) is 16.8 Å². The van der Waals surface area contributed by atoms with Crippen molar-refractivity contribution in [2.24, 2.45) is 0 Å². The molecule has 0 spiro atoms. The van der Waals surface area contributed by atoms with Gasteiger partial charge in [0, 0.05) is 0 Å². The molecule has 0 fully saturated rings. The van der Waals surface area contributed by atoms with E-state index in [1.807, 2.05) is 0 Å². The average molecular weight is 501 g/mol. The van der Waals surface area contributed by atoms with E-state index < -0.39 is 27.0 Å². The van der Waals surface area contributed by atoms with Crippen LogP contribution >= 0.6 is 0 Å². The Hall–Kier alpha value is 2.23. The molecule has 0 aliphatic rings. The van der Waals surface area contributed by atoms with E-state index in [-0.39, 0.29) is 97.8 Å². The monoisotopic (exact) mass is 502 g/mol. The van der Waals surface area contributed by atoms with Gasteiger partial charge in [-0.15, -0.1) is 0 Å². The van der Waals surface area contributed by atoms with Crippen LogP contribution in [0.5, 0.6) is 0 Å². The van der Waals surface area contributed by atoms with Crippen LogP contribution < -0.4 is 0 Å². The second kappa shape index (κ2) is 8.34.